The lowest BCUT2D eigenvalue weighted by Gasteiger charge is -2.19. The molecule has 1 aromatic rings. The number of carbonyl (C=O) groups is 1. The Morgan fingerprint density at radius 2 is 2.58 bits per heavy atom. The van der Waals surface area contributed by atoms with E-state index in [1.54, 1.807) is 6.20 Å². The minimum atomic E-state index is -0.312. The van der Waals surface area contributed by atoms with E-state index in [0.717, 1.165) is 17.8 Å². The highest BCUT2D eigenvalue weighted by atomic mass is 16.1. The minimum absolute atomic E-state index is 0.253. The lowest BCUT2D eigenvalue weighted by molar-refractivity contribution is -0.119. The first-order valence-corrected chi connectivity index (χ1v) is 3.81. The molecule has 0 bridgehead atoms. The maximum absolute atomic E-state index is 10.9. The highest BCUT2D eigenvalue weighted by Gasteiger charge is 2.25. The number of hydrogen-bond donors (Lipinski definition) is 3. The highest BCUT2D eigenvalue weighted by molar-refractivity contribution is 5.82. The molecule has 1 atom stereocenters. The normalized spacial score (nSPS) is 21.8. The molecule has 0 aromatic carbocycles. The summed E-state index contributed by atoms with van der Waals surface area (Å²) in [7, 11) is 0. The van der Waals surface area contributed by atoms with Crippen LogP contribution in [0.25, 0.3) is 0 Å². The van der Waals surface area contributed by atoms with Gasteiger partial charge in [-0.05, 0) is 0 Å². The number of fused-ring (bicyclic) bond motifs is 1. The first kappa shape index (κ1) is 7.30. The van der Waals surface area contributed by atoms with Gasteiger partial charge >= 0.3 is 0 Å². The first-order valence-electron chi connectivity index (χ1n) is 3.81. The van der Waals surface area contributed by atoms with Gasteiger partial charge in [-0.15, -0.1) is 0 Å². The molecule has 1 aliphatic heterocycles. The first-order chi connectivity index (χ1) is 5.79. The second kappa shape index (κ2) is 2.60. The Bertz CT molecular complexity index is 306. The molecule has 2 heterocycles. The van der Waals surface area contributed by atoms with Crippen molar-refractivity contribution >= 4 is 5.91 Å². The van der Waals surface area contributed by atoms with Gasteiger partial charge in [-0.25, -0.2) is 0 Å². The molecular formula is C7H10N4O. The molecule has 0 fully saturated rings. The molecule has 0 spiro atoms. The lowest BCUT2D eigenvalue weighted by atomic mass is 9.98. The van der Waals surface area contributed by atoms with Crippen LogP contribution in [0.15, 0.2) is 6.20 Å². The molecule has 0 aliphatic carbocycles. The van der Waals surface area contributed by atoms with Crippen molar-refractivity contribution in [3.05, 3.63) is 17.5 Å². The Balaban J connectivity index is 2.37. The summed E-state index contributed by atoms with van der Waals surface area (Å²) < 4.78 is 0. The summed E-state index contributed by atoms with van der Waals surface area (Å²) in [5.41, 5.74) is 7.11. The Kier molecular flexibility index (Phi) is 1.58. The number of rotatable bonds is 1. The van der Waals surface area contributed by atoms with Gasteiger partial charge in [0, 0.05) is 18.7 Å². The standard InChI is InChI=1S/C7H10N4O/c8-7(12)5-3-9-1-4-2-10-11-6(4)5/h2,5,9H,1,3H2,(H2,8,12)(H,10,11). The molecule has 0 saturated carbocycles. The van der Waals surface area contributed by atoms with Crippen LogP contribution in [0, 0.1) is 0 Å². The molecule has 12 heavy (non-hydrogen) atoms. The Morgan fingerprint density at radius 3 is 3.33 bits per heavy atom. The SMILES string of the molecule is NC(=O)C1CNCc2cn[nH]c21. The van der Waals surface area contributed by atoms with Crippen molar-refractivity contribution in [1.82, 2.24) is 15.5 Å². The van der Waals surface area contributed by atoms with Gasteiger partial charge in [-0.2, -0.15) is 5.10 Å². The average Bonchev–Trinajstić information content (AvgIpc) is 2.49. The number of carbonyl (C=O) groups excluding carboxylic acids is 1. The smallest absolute Gasteiger partial charge is 0.227 e. The maximum Gasteiger partial charge on any atom is 0.227 e. The molecule has 2 rings (SSSR count). The number of nitrogens with one attached hydrogen (secondary N) is 2. The van der Waals surface area contributed by atoms with Crippen LogP contribution in [0.1, 0.15) is 17.2 Å². The molecule has 5 nitrogen and oxygen atoms in total. The molecule has 1 aromatic heterocycles. The summed E-state index contributed by atoms with van der Waals surface area (Å²) >= 11 is 0. The summed E-state index contributed by atoms with van der Waals surface area (Å²) in [4.78, 5) is 10.9. The molecule has 5 heteroatoms. The number of H-pyrrole nitrogens is 1. The molecule has 4 N–H and O–H groups in total. The average molecular weight is 166 g/mol. The van der Waals surface area contributed by atoms with Gasteiger partial charge in [-0.1, -0.05) is 0 Å². The van der Waals surface area contributed by atoms with Crippen LogP contribution in [0.2, 0.25) is 0 Å². The Morgan fingerprint density at radius 1 is 1.75 bits per heavy atom. The summed E-state index contributed by atoms with van der Waals surface area (Å²) in [6.07, 6.45) is 1.72. The summed E-state index contributed by atoms with van der Waals surface area (Å²) in [5, 5.41) is 9.76. The van der Waals surface area contributed by atoms with Crippen molar-refractivity contribution in [2.24, 2.45) is 5.73 Å². The fraction of sp³-hybridized carbons (Fsp3) is 0.429. The fourth-order valence-electron chi connectivity index (χ4n) is 1.46. The van der Waals surface area contributed by atoms with E-state index in [4.69, 9.17) is 5.73 Å². The zero-order valence-corrected chi connectivity index (χ0v) is 6.50. The lowest BCUT2D eigenvalue weighted by Crippen LogP contribution is -2.35. The van der Waals surface area contributed by atoms with E-state index in [9.17, 15) is 4.79 Å². The van der Waals surface area contributed by atoms with E-state index in [2.05, 4.69) is 15.5 Å². The van der Waals surface area contributed by atoms with Crippen LogP contribution in [0.3, 0.4) is 0 Å². The fourth-order valence-corrected chi connectivity index (χ4v) is 1.46. The third kappa shape index (κ3) is 0.984. The highest BCUT2D eigenvalue weighted by Crippen LogP contribution is 2.20. The Hall–Kier alpha value is -1.36. The van der Waals surface area contributed by atoms with Crippen molar-refractivity contribution in [2.75, 3.05) is 6.54 Å². The van der Waals surface area contributed by atoms with Gasteiger partial charge in [0.05, 0.1) is 17.8 Å². The van der Waals surface area contributed by atoms with Crippen LogP contribution in [0.5, 0.6) is 0 Å². The number of aromatic amines is 1. The molecule has 64 valence electrons. The number of hydrogen-bond acceptors (Lipinski definition) is 3. The van der Waals surface area contributed by atoms with Crippen molar-refractivity contribution in [2.45, 2.75) is 12.5 Å². The third-order valence-corrected chi connectivity index (χ3v) is 2.11. The van der Waals surface area contributed by atoms with Crippen molar-refractivity contribution < 1.29 is 4.79 Å². The van der Waals surface area contributed by atoms with Crippen LogP contribution < -0.4 is 11.1 Å². The third-order valence-electron chi connectivity index (χ3n) is 2.11. The van der Waals surface area contributed by atoms with Gasteiger partial charge in [-0.3, -0.25) is 9.89 Å². The quantitative estimate of drug-likeness (QED) is 0.504. The predicted octanol–water partition coefficient (Wildman–Crippen LogP) is -0.918. The van der Waals surface area contributed by atoms with E-state index >= 15 is 0 Å². The van der Waals surface area contributed by atoms with E-state index in [1.165, 1.54) is 0 Å². The predicted molar refractivity (Wildman–Crippen MR) is 42.2 cm³/mol. The van der Waals surface area contributed by atoms with Gasteiger partial charge in [0.15, 0.2) is 0 Å². The number of nitrogens with zero attached hydrogens (tertiary/aromatic N) is 1. The molecule has 0 radical (unpaired) electrons. The van der Waals surface area contributed by atoms with Gasteiger partial charge in [0.1, 0.15) is 0 Å². The largest absolute Gasteiger partial charge is 0.369 e. The molecule has 1 amide bonds. The Labute approximate surface area is 69.3 Å². The number of primary amides is 1. The second-order valence-corrected chi connectivity index (χ2v) is 2.89. The van der Waals surface area contributed by atoms with Gasteiger partial charge < -0.3 is 11.1 Å². The van der Waals surface area contributed by atoms with Gasteiger partial charge in [0.25, 0.3) is 0 Å². The molecular weight excluding hydrogens is 156 g/mol. The zero-order valence-electron chi connectivity index (χ0n) is 6.50. The number of nitrogens with two attached hydrogens (primary N) is 1. The van der Waals surface area contributed by atoms with Crippen LogP contribution in [-0.2, 0) is 11.3 Å². The van der Waals surface area contributed by atoms with Crippen molar-refractivity contribution in [3.63, 3.8) is 0 Å². The van der Waals surface area contributed by atoms with E-state index in [-0.39, 0.29) is 11.8 Å². The van der Waals surface area contributed by atoms with Crippen molar-refractivity contribution in [1.29, 1.82) is 0 Å². The summed E-state index contributed by atoms with van der Waals surface area (Å²) in [6.45, 7) is 1.36. The van der Waals surface area contributed by atoms with Crippen LogP contribution >= 0.6 is 0 Å². The number of amides is 1. The second-order valence-electron chi connectivity index (χ2n) is 2.89. The molecule has 1 aliphatic rings. The topological polar surface area (TPSA) is 83.8 Å². The van der Waals surface area contributed by atoms with Gasteiger partial charge in [0.2, 0.25) is 5.91 Å². The molecule has 0 saturated heterocycles. The minimum Gasteiger partial charge on any atom is -0.369 e. The number of aromatic nitrogens is 2. The summed E-state index contributed by atoms with van der Waals surface area (Å²) in [5.74, 6) is -0.566. The van der Waals surface area contributed by atoms with E-state index in [0.29, 0.717) is 6.54 Å². The molecule has 1 unspecified atom stereocenters. The van der Waals surface area contributed by atoms with Crippen LogP contribution in [0.4, 0.5) is 0 Å². The summed E-state index contributed by atoms with van der Waals surface area (Å²) in [6, 6.07) is 0. The van der Waals surface area contributed by atoms with Crippen LogP contribution in [-0.4, -0.2) is 22.6 Å². The maximum atomic E-state index is 10.9. The van der Waals surface area contributed by atoms with E-state index < -0.39 is 0 Å². The monoisotopic (exact) mass is 166 g/mol. The van der Waals surface area contributed by atoms with E-state index in [1.807, 2.05) is 0 Å². The van der Waals surface area contributed by atoms with Crippen molar-refractivity contribution in [3.8, 4) is 0 Å². The zero-order chi connectivity index (χ0) is 8.55.